The van der Waals surface area contributed by atoms with Crippen LogP contribution in [-0.2, 0) is 0 Å². The molecule has 5 heteroatoms. The van der Waals surface area contributed by atoms with Gasteiger partial charge in [-0.25, -0.2) is 4.79 Å². The largest absolute Gasteiger partial charge is 0.478 e. The first-order chi connectivity index (χ1) is 9.49. The van der Waals surface area contributed by atoms with E-state index >= 15 is 0 Å². The van der Waals surface area contributed by atoms with Gasteiger partial charge in [0.05, 0.1) is 5.56 Å². The molecule has 0 heterocycles. The van der Waals surface area contributed by atoms with Crippen LogP contribution in [0.1, 0.15) is 20.7 Å². The van der Waals surface area contributed by atoms with Gasteiger partial charge in [-0.15, -0.1) is 0 Å². The number of anilines is 1. The average Bonchev–Trinajstić information content (AvgIpc) is 2.46. The summed E-state index contributed by atoms with van der Waals surface area (Å²) >= 11 is 3.34. The third kappa shape index (κ3) is 3.05. The highest BCUT2D eigenvalue weighted by molar-refractivity contribution is 9.10. The zero-order valence-corrected chi connectivity index (χ0v) is 12.3. The van der Waals surface area contributed by atoms with Crippen molar-refractivity contribution >= 4 is 33.5 Å². The predicted molar refractivity (Wildman–Crippen MR) is 80.3 cm³/mol. The molecule has 0 aliphatic rings. The van der Waals surface area contributed by atoms with Gasteiger partial charge >= 0.3 is 5.97 Å². The van der Waals surface area contributed by atoms with Gasteiger partial charge in [0.25, 0.3) is 5.91 Å². The van der Waals surface area contributed by atoms with Gasteiger partial charge in [0.15, 0.2) is 0 Å². The molecule has 2 rings (SSSR count). The van der Waals surface area contributed by atoms with E-state index in [1.807, 2.05) is 24.3 Å². The van der Waals surface area contributed by atoms with Crippen LogP contribution in [0.2, 0.25) is 0 Å². The maximum absolute atomic E-state index is 12.3. The second-order valence-electron chi connectivity index (χ2n) is 4.22. The number of carboxylic acids is 1. The molecule has 0 unspecified atom stereocenters. The molecule has 0 aliphatic carbocycles. The van der Waals surface area contributed by atoms with E-state index < -0.39 is 5.97 Å². The minimum Gasteiger partial charge on any atom is -0.478 e. The summed E-state index contributed by atoms with van der Waals surface area (Å²) in [5, 5.41) is 8.83. The Bertz CT molecular complexity index is 635. The maximum atomic E-state index is 12.3. The fraction of sp³-hybridized carbons (Fsp3) is 0.0667. The highest BCUT2D eigenvalue weighted by Crippen LogP contribution is 2.19. The molecule has 0 atom stereocenters. The number of benzene rings is 2. The third-order valence-electron chi connectivity index (χ3n) is 2.90. The standard InChI is InChI=1S/C15H12BrNO3/c1-17(13-8-6-12(16)7-9-13)14(18)10-2-4-11(5-3-10)15(19)20/h2-9H,1H3,(H,19,20). The smallest absolute Gasteiger partial charge is 0.335 e. The lowest BCUT2D eigenvalue weighted by Gasteiger charge is -2.17. The van der Waals surface area contributed by atoms with Crippen LogP contribution in [-0.4, -0.2) is 24.0 Å². The predicted octanol–water partition coefficient (Wildman–Crippen LogP) is 3.42. The van der Waals surface area contributed by atoms with Crippen LogP contribution in [0.15, 0.2) is 53.0 Å². The normalized spacial score (nSPS) is 10.1. The monoisotopic (exact) mass is 333 g/mol. The number of hydrogen-bond acceptors (Lipinski definition) is 2. The summed E-state index contributed by atoms with van der Waals surface area (Å²) in [6, 6.07) is 13.2. The van der Waals surface area contributed by atoms with Crippen molar-refractivity contribution in [2.75, 3.05) is 11.9 Å². The summed E-state index contributed by atoms with van der Waals surface area (Å²) in [6.45, 7) is 0. The summed E-state index contributed by atoms with van der Waals surface area (Å²) in [5.41, 5.74) is 1.37. The number of carboxylic acid groups (broad SMARTS) is 1. The minimum atomic E-state index is -1.01. The summed E-state index contributed by atoms with van der Waals surface area (Å²) in [7, 11) is 1.68. The lowest BCUT2D eigenvalue weighted by Crippen LogP contribution is -2.26. The highest BCUT2D eigenvalue weighted by atomic mass is 79.9. The van der Waals surface area contributed by atoms with Gasteiger partial charge in [0, 0.05) is 22.8 Å². The van der Waals surface area contributed by atoms with E-state index in [4.69, 9.17) is 5.11 Å². The van der Waals surface area contributed by atoms with E-state index in [1.54, 1.807) is 7.05 Å². The molecule has 0 aromatic heterocycles. The van der Waals surface area contributed by atoms with Crippen molar-refractivity contribution in [3.05, 3.63) is 64.1 Å². The third-order valence-corrected chi connectivity index (χ3v) is 3.43. The van der Waals surface area contributed by atoms with Crippen LogP contribution >= 0.6 is 15.9 Å². The number of halogens is 1. The summed E-state index contributed by atoms with van der Waals surface area (Å²) in [4.78, 5) is 24.6. The van der Waals surface area contributed by atoms with Crippen LogP contribution in [0.25, 0.3) is 0 Å². The van der Waals surface area contributed by atoms with Gasteiger partial charge in [0.2, 0.25) is 0 Å². The zero-order valence-electron chi connectivity index (χ0n) is 10.7. The Morgan fingerprint density at radius 3 is 1.95 bits per heavy atom. The molecule has 0 saturated carbocycles. The number of rotatable bonds is 3. The van der Waals surface area contributed by atoms with Crippen LogP contribution in [0.3, 0.4) is 0 Å². The summed E-state index contributed by atoms with van der Waals surface area (Å²) < 4.78 is 0.938. The first-order valence-corrected chi connectivity index (χ1v) is 6.65. The van der Waals surface area contributed by atoms with Gasteiger partial charge in [-0.2, -0.15) is 0 Å². The molecule has 0 aliphatic heterocycles. The highest BCUT2D eigenvalue weighted by Gasteiger charge is 2.14. The fourth-order valence-electron chi connectivity index (χ4n) is 1.73. The van der Waals surface area contributed by atoms with Gasteiger partial charge in [0.1, 0.15) is 0 Å². The SMILES string of the molecule is CN(C(=O)c1ccc(C(=O)O)cc1)c1ccc(Br)cc1. The lowest BCUT2D eigenvalue weighted by molar-refractivity contribution is 0.0696. The molecule has 0 radical (unpaired) electrons. The molecule has 1 amide bonds. The number of amides is 1. The van der Waals surface area contributed by atoms with Crippen molar-refractivity contribution in [2.24, 2.45) is 0 Å². The molecule has 0 fully saturated rings. The first kappa shape index (κ1) is 14.3. The van der Waals surface area contributed by atoms with E-state index in [0.717, 1.165) is 10.2 Å². The number of nitrogens with zero attached hydrogens (tertiary/aromatic N) is 1. The van der Waals surface area contributed by atoms with Crippen molar-refractivity contribution in [1.29, 1.82) is 0 Å². The Morgan fingerprint density at radius 2 is 1.45 bits per heavy atom. The second kappa shape index (κ2) is 5.88. The molecular weight excluding hydrogens is 322 g/mol. The molecule has 102 valence electrons. The molecule has 0 bridgehead atoms. The van der Waals surface area contributed by atoms with Crippen molar-refractivity contribution < 1.29 is 14.7 Å². The molecule has 2 aromatic carbocycles. The van der Waals surface area contributed by atoms with Gasteiger partial charge in [-0.1, -0.05) is 15.9 Å². The van der Waals surface area contributed by atoms with Gasteiger partial charge < -0.3 is 10.0 Å². The molecule has 4 nitrogen and oxygen atoms in total. The van der Waals surface area contributed by atoms with Crippen molar-refractivity contribution in [2.45, 2.75) is 0 Å². The van der Waals surface area contributed by atoms with Crippen LogP contribution in [0.4, 0.5) is 5.69 Å². The molecular formula is C15H12BrNO3. The van der Waals surface area contributed by atoms with Crippen LogP contribution in [0, 0.1) is 0 Å². The summed E-state index contributed by atoms with van der Waals surface area (Å²) in [6.07, 6.45) is 0. The Balaban J connectivity index is 2.22. The number of hydrogen-bond donors (Lipinski definition) is 1. The Kier molecular flexibility index (Phi) is 4.20. The van der Waals surface area contributed by atoms with Crippen molar-refractivity contribution in [3.63, 3.8) is 0 Å². The van der Waals surface area contributed by atoms with Crippen molar-refractivity contribution in [1.82, 2.24) is 0 Å². The van der Waals surface area contributed by atoms with Gasteiger partial charge in [-0.05, 0) is 48.5 Å². The fourth-order valence-corrected chi connectivity index (χ4v) is 2.00. The van der Waals surface area contributed by atoms with E-state index in [0.29, 0.717) is 5.56 Å². The van der Waals surface area contributed by atoms with E-state index in [1.165, 1.54) is 29.2 Å². The topological polar surface area (TPSA) is 57.6 Å². The molecule has 20 heavy (non-hydrogen) atoms. The van der Waals surface area contributed by atoms with E-state index in [2.05, 4.69) is 15.9 Å². The van der Waals surface area contributed by atoms with Crippen molar-refractivity contribution in [3.8, 4) is 0 Å². The maximum Gasteiger partial charge on any atom is 0.335 e. The van der Waals surface area contributed by atoms with Crippen LogP contribution in [0.5, 0.6) is 0 Å². The Labute approximate surface area is 124 Å². The van der Waals surface area contributed by atoms with Gasteiger partial charge in [-0.3, -0.25) is 4.79 Å². The molecule has 0 spiro atoms. The van der Waals surface area contributed by atoms with E-state index in [9.17, 15) is 9.59 Å². The first-order valence-electron chi connectivity index (χ1n) is 5.86. The average molecular weight is 334 g/mol. The number of aromatic carboxylic acids is 1. The van der Waals surface area contributed by atoms with E-state index in [-0.39, 0.29) is 11.5 Å². The van der Waals surface area contributed by atoms with Crippen LogP contribution < -0.4 is 4.90 Å². The molecule has 1 N–H and O–H groups in total. The number of carbonyl (C=O) groups is 2. The zero-order chi connectivity index (χ0) is 14.7. The molecule has 2 aromatic rings. The molecule has 0 saturated heterocycles. The second-order valence-corrected chi connectivity index (χ2v) is 5.14. The lowest BCUT2D eigenvalue weighted by atomic mass is 10.1. The number of carbonyl (C=O) groups excluding carboxylic acids is 1. The Hall–Kier alpha value is -2.14. The quantitative estimate of drug-likeness (QED) is 0.936. The summed E-state index contributed by atoms with van der Waals surface area (Å²) in [5.74, 6) is -1.20. The minimum absolute atomic E-state index is 0.160. The Morgan fingerprint density at radius 1 is 0.950 bits per heavy atom.